The molecule has 2 N–H and O–H groups in total. The van der Waals surface area contributed by atoms with Gasteiger partial charge in [-0.2, -0.15) is 5.23 Å². The van der Waals surface area contributed by atoms with Crippen LogP contribution in [-0.4, -0.2) is 36.8 Å². The second kappa shape index (κ2) is 7.33. The average molecular weight is 358 g/mol. The molecule has 2 aromatic rings. The molecule has 1 aliphatic rings. The molecule has 1 aliphatic heterocycles. The highest BCUT2D eigenvalue weighted by atomic mass is 16.8. The van der Waals surface area contributed by atoms with Gasteiger partial charge in [0.15, 0.2) is 17.2 Å². The van der Waals surface area contributed by atoms with Crippen LogP contribution in [0.3, 0.4) is 0 Å². The Kier molecular flexibility index (Phi) is 5.13. The standard InChI is InChI=1S/C19H22N2O5/c1-12(22)20-9-8-13-10-17(25-2)18(26-3)11-15(13)19(20)14-6-4-5-7-16(14)21(23)24/h4-7,10-11,19,21,23H,8-9H2,1-3H3/t19-/m1/s1. The van der Waals surface area contributed by atoms with Crippen LogP contribution in [0.2, 0.25) is 0 Å². The zero-order chi connectivity index (χ0) is 18.8. The predicted molar refractivity (Wildman–Crippen MR) is 94.7 cm³/mol. The Labute approximate surface area is 151 Å². The Bertz CT molecular complexity index is 822. The molecular formula is C19H22N2O5. The van der Waals surface area contributed by atoms with Crippen LogP contribution in [0.5, 0.6) is 11.5 Å². The molecule has 26 heavy (non-hydrogen) atoms. The highest BCUT2D eigenvalue weighted by Crippen LogP contribution is 2.42. The molecule has 0 spiro atoms. The van der Waals surface area contributed by atoms with Gasteiger partial charge in [-0.05, 0) is 29.7 Å². The maximum atomic E-state index is 12.3. The van der Waals surface area contributed by atoms with Crippen molar-refractivity contribution in [3.63, 3.8) is 0 Å². The summed E-state index contributed by atoms with van der Waals surface area (Å²) in [4.78, 5) is 14.0. The first kappa shape index (κ1) is 18.2. The smallest absolute Gasteiger partial charge is 0.220 e. The minimum Gasteiger partial charge on any atom is -0.595 e. The number of carbonyl (C=O) groups is 1. The number of quaternary nitrogens is 1. The van der Waals surface area contributed by atoms with Crippen molar-refractivity contribution in [3.8, 4) is 11.5 Å². The fourth-order valence-corrected chi connectivity index (χ4v) is 3.55. The highest BCUT2D eigenvalue weighted by molar-refractivity contribution is 5.75. The van der Waals surface area contributed by atoms with E-state index in [9.17, 15) is 15.2 Å². The lowest BCUT2D eigenvalue weighted by Gasteiger charge is -2.38. The van der Waals surface area contributed by atoms with Crippen molar-refractivity contribution in [2.24, 2.45) is 0 Å². The quantitative estimate of drug-likeness (QED) is 0.811. The Morgan fingerprint density at radius 2 is 1.85 bits per heavy atom. The van der Waals surface area contributed by atoms with Gasteiger partial charge in [0.2, 0.25) is 5.91 Å². The number of amides is 1. The van der Waals surface area contributed by atoms with Gasteiger partial charge < -0.3 is 19.6 Å². The van der Waals surface area contributed by atoms with Gasteiger partial charge in [0.05, 0.1) is 20.3 Å². The zero-order valence-electron chi connectivity index (χ0n) is 15.0. The molecule has 7 heteroatoms. The molecule has 0 saturated heterocycles. The summed E-state index contributed by atoms with van der Waals surface area (Å²) in [5, 5.41) is 20.3. The van der Waals surface area contributed by atoms with Crippen molar-refractivity contribution in [2.45, 2.75) is 19.4 Å². The number of nitrogens with one attached hydrogen (secondary N) is 1. The Morgan fingerprint density at radius 3 is 2.46 bits per heavy atom. The molecule has 2 aromatic carbocycles. The molecule has 7 nitrogen and oxygen atoms in total. The molecule has 0 radical (unpaired) electrons. The van der Waals surface area contributed by atoms with Crippen molar-refractivity contribution in [1.29, 1.82) is 0 Å². The van der Waals surface area contributed by atoms with E-state index in [1.807, 2.05) is 12.1 Å². The van der Waals surface area contributed by atoms with Crippen LogP contribution in [0.15, 0.2) is 36.4 Å². The molecule has 1 amide bonds. The van der Waals surface area contributed by atoms with Gasteiger partial charge in [-0.15, -0.1) is 0 Å². The van der Waals surface area contributed by atoms with Crippen molar-refractivity contribution in [3.05, 3.63) is 58.3 Å². The zero-order valence-corrected chi connectivity index (χ0v) is 15.0. The third kappa shape index (κ3) is 3.12. The summed E-state index contributed by atoms with van der Waals surface area (Å²) in [5.41, 5.74) is 2.65. The topological polar surface area (TPSA) is 86.5 Å². The van der Waals surface area contributed by atoms with Crippen LogP contribution in [-0.2, 0) is 11.2 Å². The molecule has 0 bridgehead atoms. The maximum absolute atomic E-state index is 12.3. The van der Waals surface area contributed by atoms with Gasteiger partial charge in [-0.25, -0.2) is 5.21 Å². The molecule has 3 rings (SSSR count). The van der Waals surface area contributed by atoms with E-state index in [4.69, 9.17) is 9.47 Å². The normalized spacial score (nSPS) is 17.4. The van der Waals surface area contributed by atoms with Crippen molar-refractivity contribution >= 4 is 11.6 Å². The molecular weight excluding hydrogens is 336 g/mol. The Morgan fingerprint density at radius 1 is 1.19 bits per heavy atom. The largest absolute Gasteiger partial charge is 0.595 e. The SMILES string of the molecule is COc1cc2c(cc1OC)[C@@H](c1ccccc1[NH+]([O-])O)N(C(C)=O)CC2. The fourth-order valence-electron chi connectivity index (χ4n) is 3.55. The first-order chi connectivity index (χ1) is 12.5. The summed E-state index contributed by atoms with van der Waals surface area (Å²) in [5.74, 6) is 1.07. The molecule has 0 aromatic heterocycles. The van der Waals surface area contributed by atoms with Crippen LogP contribution in [0.4, 0.5) is 5.69 Å². The maximum Gasteiger partial charge on any atom is 0.220 e. The second-order valence-corrected chi connectivity index (χ2v) is 6.16. The predicted octanol–water partition coefficient (Wildman–Crippen LogP) is 1.60. The molecule has 0 saturated carbocycles. The Balaban J connectivity index is 2.23. The number of nitrogens with zero attached hydrogens (tertiary/aromatic N) is 1. The number of ether oxygens (including phenoxy) is 2. The number of benzene rings is 2. The van der Waals surface area contributed by atoms with Crippen molar-refractivity contribution in [2.75, 3.05) is 20.8 Å². The lowest BCUT2D eigenvalue weighted by Crippen LogP contribution is -2.99. The summed E-state index contributed by atoms with van der Waals surface area (Å²) >= 11 is 0. The van der Waals surface area contributed by atoms with E-state index < -0.39 is 11.3 Å². The lowest BCUT2D eigenvalue weighted by molar-refractivity contribution is -0.991. The van der Waals surface area contributed by atoms with Gasteiger partial charge >= 0.3 is 0 Å². The number of hydrogen-bond acceptors (Lipinski definition) is 5. The van der Waals surface area contributed by atoms with E-state index in [0.29, 0.717) is 30.0 Å². The van der Waals surface area contributed by atoms with Crippen LogP contribution < -0.4 is 14.7 Å². The molecule has 2 atom stereocenters. The monoisotopic (exact) mass is 358 g/mol. The summed E-state index contributed by atoms with van der Waals surface area (Å²) in [6, 6.07) is 10.1. The minimum absolute atomic E-state index is 0.101. The van der Waals surface area contributed by atoms with Crippen molar-refractivity contribution in [1.82, 2.24) is 4.90 Å². The highest BCUT2D eigenvalue weighted by Gasteiger charge is 2.34. The number of rotatable bonds is 4. The number of fused-ring (bicyclic) bond motifs is 1. The van der Waals surface area contributed by atoms with E-state index in [1.54, 1.807) is 43.4 Å². The van der Waals surface area contributed by atoms with E-state index in [0.717, 1.165) is 11.1 Å². The summed E-state index contributed by atoms with van der Waals surface area (Å²) in [6.45, 7) is 2.01. The molecule has 138 valence electrons. The summed E-state index contributed by atoms with van der Waals surface area (Å²) in [7, 11) is 3.13. The van der Waals surface area contributed by atoms with Crippen molar-refractivity contribution < 1.29 is 24.7 Å². The number of para-hydroxylation sites is 1. The summed E-state index contributed by atoms with van der Waals surface area (Å²) < 4.78 is 10.8. The van der Waals surface area contributed by atoms with E-state index in [-0.39, 0.29) is 11.6 Å². The van der Waals surface area contributed by atoms with Gasteiger partial charge in [-0.3, -0.25) is 4.79 Å². The third-order valence-electron chi connectivity index (χ3n) is 4.76. The molecule has 1 unspecified atom stereocenters. The Hall–Kier alpha value is -2.61. The second-order valence-electron chi connectivity index (χ2n) is 6.16. The molecule has 1 heterocycles. The van der Waals surface area contributed by atoms with Crippen LogP contribution >= 0.6 is 0 Å². The number of methoxy groups -OCH3 is 2. The average Bonchev–Trinajstić information content (AvgIpc) is 2.65. The molecule has 0 fully saturated rings. The van der Waals surface area contributed by atoms with Crippen LogP contribution in [0, 0.1) is 5.21 Å². The summed E-state index contributed by atoms with van der Waals surface area (Å²) in [6.07, 6.45) is 0.668. The van der Waals surface area contributed by atoms with E-state index in [2.05, 4.69) is 0 Å². The third-order valence-corrected chi connectivity index (χ3v) is 4.76. The van der Waals surface area contributed by atoms with E-state index in [1.165, 1.54) is 6.92 Å². The van der Waals surface area contributed by atoms with Crippen LogP contribution in [0.1, 0.15) is 29.7 Å². The molecule has 0 aliphatic carbocycles. The van der Waals surface area contributed by atoms with E-state index >= 15 is 0 Å². The van der Waals surface area contributed by atoms with Gasteiger partial charge in [0.1, 0.15) is 0 Å². The van der Waals surface area contributed by atoms with Crippen LogP contribution in [0.25, 0.3) is 0 Å². The minimum atomic E-state index is -1.02. The first-order valence-electron chi connectivity index (χ1n) is 8.32. The fraction of sp³-hybridized carbons (Fsp3) is 0.316. The number of hydrogen-bond donors (Lipinski definition) is 2. The van der Waals surface area contributed by atoms with Gasteiger partial charge in [0, 0.05) is 25.1 Å². The lowest BCUT2D eigenvalue weighted by atomic mass is 9.87. The van der Waals surface area contributed by atoms with Gasteiger partial charge in [-0.1, -0.05) is 18.2 Å². The number of carbonyl (C=O) groups excluding carboxylic acids is 1. The van der Waals surface area contributed by atoms with Gasteiger partial charge in [0.25, 0.3) is 0 Å². The first-order valence-corrected chi connectivity index (χ1v) is 8.32.